The molecule has 1 amide bonds. The quantitative estimate of drug-likeness (QED) is 0.876. The van der Waals surface area contributed by atoms with Gasteiger partial charge in [0.1, 0.15) is 0 Å². The molecule has 1 aromatic rings. The number of nitrogens with zero attached hydrogens (tertiary/aromatic N) is 1. The zero-order valence-electron chi connectivity index (χ0n) is 13.3. The normalized spacial score (nSPS) is 23.8. The molecule has 126 valence electrons. The number of amides is 1. The summed E-state index contributed by atoms with van der Waals surface area (Å²) in [6.45, 7) is 2.86. The lowest BCUT2D eigenvalue weighted by Gasteiger charge is -2.26. The van der Waals surface area contributed by atoms with Crippen LogP contribution in [0.4, 0.5) is 0 Å². The minimum Gasteiger partial charge on any atom is -0.340 e. The van der Waals surface area contributed by atoms with Gasteiger partial charge in [-0.15, -0.1) is 0 Å². The second-order valence-corrected chi connectivity index (χ2v) is 8.89. The lowest BCUT2D eigenvalue weighted by Crippen LogP contribution is -2.44. The molecular formula is C17H24N2O3S. The van der Waals surface area contributed by atoms with Crippen LogP contribution in [0, 0.1) is 5.92 Å². The van der Waals surface area contributed by atoms with Gasteiger partial charge in [-0.05, 0) is 43.0 Å². The van der Waals surface area contributed by atoms with E-state index in [1.165, 1.54) is 12.0 Å². The molecule has 2 fully saturated rings. The number of hydrogen-bond donors (Lipinski definition) is 1. The summed E-state index contributed by atoms with van der Waals surface area (Å²) in [6, 6.07) is 8.27. The molecule has 1 aromatic carbocycles. The summed E-state index contributed by atoms with van der Waals surface area (Å²) in [4.78, 5) is 13.9. The van der Waals surface area contributed by atoms with Gasteiger partial charge < -0.3 is 10.2 Å². The predicted molar refractivity (Wildman–Crippen MR) is 90.1 cm³/mol. The molecule has 0 radical (unpaired) electrons. The van der Waals surface area contributed by atoms with E-state index in [2.05, 4.69) is 17.4 Å². The number of carbonyl (C=O) groups excluding carboxylic acids is 1. The topological polar surface area (TPSA) is 66.5 Å². The van der Waals surface area contributed by atoms with Gasteiger partial charge in [-0.25, -0.2) is 8.42 Å². The Morgan fingerprint density at radius 1 is 1.13 bits per heavy atom. The van der Waals surface area contributed by atoms with Crippen LogP contribution in [0.3, 0.4) is 0 Å². The van der Waals surface area contributed by atoms with Crippen LogP contribution in [0.5, 0.6) is 0 Å². The van der Waals surface area contributed by atoms with Gasteiger partial charge in [0.05, 0.1) is 17.9 Å². The number of benzene rings is 1. The average molecular weight is 336 g/mol. The fourth-order valence-corrected chi connectivity index (χ4v) is 4.46. The molecule has 5 nitrogen and oxygen atoms in total. The molecule has 0 spiro atoms. The van der Waals surface area contributed by atoms with Crippen molar-refractivity contribution in [2.45, 2.75) is 19.3 Å². The Labute approximate surface area is 138 Å². The van der Waals surface area contributed by atoms with Crippen molar-refractivity contribution in [3.63, 3.8) is 0 Å². The Morgan fingerprint density at radius 3 is 2.39 bits per heavy atom. The van der Waals surface area contributed by atoms with Crippen LogP contribution < -0.4 is 5.32 Å². The zero-order chi connectivity index (χ0) is 16.3. The van der Waals surface area contributed by atoms with Crippen LogP contribution in [-0.4, -0.2) is 56.9 Å². The minimum atomic E-state index is -2.94. The molecule has 1 atom stereocenters. The maximum absolute atomic E-state index is 12.3. The maximum Gasteiger partial charge on any atom is 0.227 e. The number of sulfone groups is 1. The summed E-state index contributed by atoms with van der Waals surface area (Å²) >= 11 is 0. The summed E-state index contributed by atoms with van der Waals surface area (Å²) in [7, 11) is -2.94. The van der Waals surface area contributed by atoms with Crippen molar-refractivity contribution in [1.29, 1.82) is 0 Å². The van der Waals surface area contributed by atoms with E-state index in [9.17, 15) is 13.2 Å². The molecule has 23 heavy (non-hydrogen) atoms. The molecule has 0 bridgehead atoms. The van der Waals surface area contributed by atoms with Crippen molar-refractivity contribution in [2.24, 2.45) is 5.92 Å². The Hall–Kier alpha value is -1.40. The molecule has 2 saturated heterocycles. The van der Waals surface area contributed by atoms with E-state index in [1.807, 2.05) is 12.1 Å². The van der Waals surface area contributed by atoms with Gasteiger partial charge in [-0.1, -0.05) is 24.3 Å². The standard InChI is InChI=1S/C17H24N2O3S/c20-17(19-7-9-23(21,22)10-8-19)12-15-3-1-14(2-4-15)11-16-5-6-18-13-16/h1-4,16,18H,5-13H2. The lowest BCUT2D eigenvalue weighted by atomic mass is 9.97. The highest BCUT2D eigenvalue weighted by atomic mass is 32.2. The first kappa shape index (κ1) is 16.5. The molecule has 6 heteroatoms. The molecule has 3 rings (SSSR count). The molecule has 2 aliphatic heterocycles. The Bertz CT molecular complexity index is 635. The van der Waals surface area contributed by atoms with Gasteiger partial charge in [0.15, 0.2) is 9.84 Å². The number of nitrogens with one attached hydrogen (secondary N) is 1. The van der Waals surface area contributed by atoms with Gasteiger partial charge in [-0.2, -0.15) is 0 Å². The third-order valence-corrected chi connectivity index (χ3v) is 6.37. The highest BCUT2D eigenvalue weighted by Gasteiger charge is 2.24. The van der Waals surface area contributed by atoms with E-state index in [1.54, 1.807) is 4.90 Å². The first-order chi connectivity index (χ1) is 11.0. The van der Waals surface area contributed by atoms with Crippen molar-refractivity contribution < 1.29 is 13.2 Å². The zero-order valence-corrected chi connectivity index (χ0v) is 14.1. The highest BCUT2D eigenvalue weighted by molar-refractivity contribution is 7.91. The second kappa shape index (κ2) is 7.01. The summed E-state index contributed by atoms with van der Waals surface area (Å²) in [5, 5.41) is 3.38. The van der Waals surface area contributed by atoms with Crippen molar-refractivity contribution in [3.8, 4) is 0 Å². The van der Waals surface area contributed by atoms with E-state index >= 15 is 0 Å². The molecule has 0 aromatic heterocycles. The molecule has 1 unspecified atom stereocenters. The van der Waals surface area contributed by atoms with Gasteiger partial charge in [0.25, 0.3) is 0 Å². The third-order valence-electron chi connectivity index (χ3n) is 4.76. The predicted octanol–water partition coefficient (Wildman–Crippen LogP) is 0.638. The number of rotatable bonds is 4. The van der Waals surface area contributed by atoms with Crippen molar-refractivity contribution in [3.05, 3.63) is 35.4 Å². The van der Waals surface area contributed by atoms with Crippen LogP contribution in [0.15, 0.2) is 24.3 Å². The van der Waals surface area contributed by atoms with Gasteiger partial charge in [0.2, 0.25) is 5.91 Å². The number of carbonyl (C=O) groups is 1. The maximum atomic E-state index is 12.3. The molecule has 2 heterocycles. The fraction of sp³-hybridized carbons (Fsp3) is 0.588. The smallest absolute Gasteiger partial charge is 0.227 e. The lowest BCUT2D eigenvalue weighted by molar-refractivity contribution is -0.130. The molecular weight excluding hydrogens is 312 g/mol. The summed E-state index contributed by atoms with van der Waals surface area (Å²) in [6.07, 6.45) is 2.68. The minimum absolute atomic E-state index is 0.0210. The van der Waals surface area contributed by atoms with Crippen LogP contribution in [0.25, 0.3) is 0 Å². The van der Waals surface area contributed by atoms with Crippen LogP contribution in [0.2, 0.25) is 0 Å². The SMILES string of the molecule is O=C(Cc1ccc(CC2CCNC2)cc1)N1CCS(=O)(=O)CC1. The highest BCUT2D eigenvalue weighted by Crippen LogP contribution is 2.16. The first-order valence-corrected chi connectivity index (χ1v) is 10.1. The van der Waals surface area contributed by atoms with E-state index in [0.717, 1.165) is 31.0 Å². The fourth-order valence-electron chi connectivity index (χ4n) is 3.26. The average Bonchev–Trinajstić information content (AvgIpc) is 3.02. The van der Waals surface area contributed by atoms with Crippen LogP contribution in [-0.2, 0) is 27.5 Å². The van der Waals surface area contributed by atoms with Gasteiger partial charge >= 0.3 is 0 Å². The Kier molecular flexibility index (Phi) is 5.02. The van der Waals surface area contributed by atoms with E-state index in [-0.39, 0.29) is 17.4 Å². The third kappa shape index (κ3) is 4.54. The van der Waals surface area contributed by atoms with Crippen molar-refractivity contribution in [1.82, 2.24) is 10.2 Å². The summed E-state index contributed by atoms with van der Waals surface area (Å²) in [5.41, 5.74) is 2.32. The molecule has 0 aliphatic carbocycles. The second-order valence-electron chi connectivity index (χ2n) is 6.59. The molecule has 1 N–H and O–H groups in total. The van der Waals surface area contributed by atoms with Crippen LogP contribution in [0.1, 0.15) is 17.5 Å². The van der Waals surface area contributed by atoms with Crippen molar-refractivity contribution >= 4 is 15.7 Å². The first-order valence-electron chi connectivity index (χ1n) is 8.28. The van der Waals surface area contributed by atoms with E-state index in [0.29, 0.717) is 19.5 Å². The molecule has 2 aliphatic rings. The number of hydrogen-bond acceptors (Lipinski definition) is 4. The van der Waals surface area contributed by atoms with Gasteiger partial charge in [-0.3, -0.25) is 4.79 Å². The van der Waals surface area contributed by atoms with Crippen LogP contribution >= 0.6 is 0 Å². The summed E-state index contributed by atoms with van der Waals surface area (Å²) in [5.74, 6) is 0.922. The largest absolute Gasteiger partial charge is 0.340 e. The molecule has 0 saturated carbocycles. The van der Waals surface area contributed by atoms with E-state index in [4.69, 9.17) is 0 Å². The summed E-state index contributed by atoms with van der Waals surface area (Å²) < 4.78 is 22.8. The monoisotopic (exact) mass is 336 g/mol. The van der Waals surface area contributed by atoms with Gasteiger partial charge in [0, 0.05) is 13.1 Å². The van der Waals surface area contributed by atoms with Crippen molar-refractivity contribution in [2.75, 3.05) is 37.7 Å². The Morgan fingerprint density at radius 2 is 1.78 bits per heavy atom. The Balaban J connectivity index is 1.52. The van der Waals surface area contributed by atoms with E-state index < -0.39 is 9.84 Å².